The van der Waals surface area contributed by atoms with Crippen LogP contribution in [0.15, 0.2) is 60.8 Å². The smallest absolute Gasteiger partial charge is 0.338 e. The van der Waals surface area contributed by atoms with Gasteiger partial charge in [-0.1, -0.05) is 24.3 Å². The highest BCUT2D eigenvalue weighted by Crippen LogP contribution is 2.21. The molecule has 6 heteroatoms. The van der Waals surface area contributed by atoms with Crippen LogP contribution in [0.5, 0.6) is 0 Å². The molecule has 0 saturated carbocycles. The van der Waals surface area contributed by atoms with Crippen molar-refractivity contribution in [3.63, 3.8) is 0 Å². The third kappa shape index (κ3) is 3.92. The van der Waals surface area contributed by atoms with Gasteiger partial charge in [0.15, 0.2) is 0 Å². The normalized spacial score (nSPS) is 10.3. The van der Waals surface area contributed by atoms with Gasteiger partial charge < -0.3 is 15.4 Å². The van der Waals surface area contributed by atoms with Crippen molar-refractivity contribution in [3.8, 4) is 0 Å². The van der Waals surface area contributed by atoms with Crippen molar-refractivity contribution >= 4 is 34.3 Å². The zero-order valence-electron chi connectivity index (χ0n) is 13.7. The van der Waals surface area contributed by atoms with Crippen LogP contribution in [0, 0.1) is 0 Å². The maximum atomic E-state index is 12.3. The van der Waals surface area contributed by atoms with Gasteiger partial charge in [-0.15, -0.1) is 0 Å². The first-order valence-electron chi connectivity index (χ1n) is 7.86. The Morgan fingerprint density at radius 2 is 1.88 bits per heavy atom. The van der Waals surface area contributed by atoms with Crippen LogP contribution in [0.4, 0.5) is 16.2 Å². The molecule has 2 amide bonds. The summed E-state index contributed by atoms with van der Waals surface area (Å²) in [5.74, 6) is -0.424. The van der Waals surface area contributed by atoms with Gasteiger partial charge in [-0.25, -0.2) is 9.59 Å². The Bertz CT molecular complexity index is 919. The van der Waals surface area contributed by atoms with Gasteiger partial charge in [-0.2, -0.15) is 0 Å². The molecule has 0 radical (unpaired) electrons. The van der Waals surface area contributed by atoms with Gasteiger partial charge >= 0.3 is 12.0 Å². The maximum Gasteiger partial charge on any atom is 0.338 e. The minimum absolute atomic E-state index is 0.298. The van der Waals surface area contributed by atoms with E-state index in [-0.39, 0.29) is 0 Å². The quantitative estimate of drug-likeness (QED) is 0.705. The Kier molecular flexibility index (Phi) is 4.89. The van der Waals surface area contributed by atoms with Crippen LogP contribution in [0.1, 0.15) is 17.3 Å². The van der Waals surface area contributed by atoms with Gasteiger partial charge in [-0.3, -0.25) is 4.98 Å². The van der Waals surface area contributed by atoms with E-state index in [0.717, 1.165) is 10.9 Å². The highest BCUT2D eigenvalue weighted by Gasteiger charge is 2.09. The maximum absolute atomic E-state index is 12.3. The van der Waals surface area contributed by atoms with E-state index >= 15 is 0 Å². The summed E-state index contributed by atoms with van der Waals surface area (Å²) in [6, 6.07) is 15.5. The Morgan fingerprint density at radius 1 is 1.04 bits per heavy atom. The number of urea groups is 1. The fourth-order valence-corrected chi connectivity index (χ4v) is 2.43. The summed E-state index contributed by atoms with van der Waals surface area (Å²) in [5, 5.41) is 6.36. The van der Waals surface area contributed by atoms with Gasteiger partial charge in [0, 0.05) is 17.3 Å². The van der Waals surface area contributed by atoms with E-state index in [1.54, 1.807) is 43.5 Å². The lowest BCUT2D eigenvalue weighted by Gasteiger charge is -2.10. The van der Waals surface area contributed by atoms with E-state index in [9.17, 15) is 9.59 Å². The molecule has 3 aromatic rings. The van der Waals surface area contributed by atoms with Crippen LogP contribution in [0.2, 0.25) is 0 Å². The number of carbonyl (C=O) groups is 2. The Morgan fingerprint density at radius 3 is 2.72 bits per heavy atom. The van der Waals surface area contributed by atoms with Crippen molar-refractivity contribution in [2.24, 2.45) is 0 Å². The second-order valence-corrected chi connectivity index (χ2v) is 5.26. The van der Waals surface area contributed by atoms with Crippen LogP contribution in [-0.2, 0) is 4.74 Å². The van der Waals surface area contributed by atoms with Crippen molar-refractivity contribution in [2.45, 2.75) is 6.92 Å². The molecule has 1 heterocycles. The SMILES string of the molecule is CCOC(=O)c1cccc(NC(=O)Nc2ccnc3ccccc23)c1. The standard InChI is InChI=1S/C19H17N3O3/c1-2-25-18(23)13-6-5-7-14(12-13)21-19(24)22-17-10-11-20-16-9-4-3-8-15(16)17/h3-12H,2H2,1H3,(H2,20,21,22,24). The number of pyridine rings is 1. The summed E-state index contributed by atoms with van der Waals surface area (Å²) in [6.07, 6.45) is 1.64. The number of hydrogen-bond donors (Lipinski definition) is 2. The monoisotopic (exact) mass is 335 g/mol. The number of benzene rings is 2. The number of nitrogens with one attached hydrogen (secondary N) is 2. The summed E-state index contributed by atoms with van der Waals surface area (Å²) in [7, 11) is 0. The summed E-state index contributed by atoms with van der Waals surface area (Å²) < 4.78 is 4.96. The number of rotatable bonds is 4. The van der Waals surface area contributed by atoms with Crippen molar-refractivity contribution in [1.82, 2.24) is 4.98 Å². The molecule has 0 unspecified atom stereocenters. The predicted octanol–water partition coefficient (Wildman–Crippen LogP) is 4.06. The molecular weight excluding hydrogens is 318 g/mol. The predicted molar refractivity (Wildman–Crippen MR) is 96.8 cm³/mol. The van der Waals surface area contributed by atoms with Crippen LogP contribution in [0.25, 0.3) is 10.9 Å². The molecule has 25 heavy (non-hydrogen) atoms. The van der Waals surface area contributed by atoms with Gasteiger partial charge in [0.2, 0.25) is 0 Å². The van der Waals surface area contributed by atoms with E-state index < -0.39 is 12.0 Å². The molecule has 126 valence electrons. The van der Waals surface area contributed by atoms with Gasteiger partial charge in [0.05, 0.1) is 23.4 Å². The van der Waals surface area contributed by atoms with Crippen molar-refractivity contribution in [2.75, 3.05) is 17.2 Å². The number of hydrogen-bond acceptors (Lipinski definition) is 4. The molecule has 0 aliphatic carbocycles. The number of para-hydroxylation sites is 1. The molecule has 6 nitrogen and oxygen atoms in total. The average Bonchev–Trinajstić information content (AvgIpc) is 2.62. The van der Waals surface area contributed by atoms with Crippen LogP contribution >= 0.6 is 0 Å². The van der Waals surface area contributed by atoms with Crippen molar-refractivity contribution in [1.29, 1.82) is 0 Å². The van der Waals surface area contributed by atoms with Crippen LogP contribution in [0.3, 0.4) is 0 Å². The molecule has 0 saturated heterocycles. The lowest BCUT2D eigenvalue weighted by molar-refractivity contribution is 0.0526. The van der Waals surface area contributed by atoms with E-state index in [4.69, 9.17) is 4.74 Å². The molecule has 2 N–H and O–H groups in total. The van der Waals surface area contributed by atoms with E-state index in [0.29, 0.717) is 23.5 Å². The summed E-state index contributed by atoms with van der Waals surface area (Å²) in [6.45, 7) is 2.04. The third-order valence-corrected chi connectivity index (χ3v) is 3.53. The molecule has 0 aliphatic rings. The van der Waals surface area contributed by atoms with Crippen molar-refractivity contribution < 1.29 is 14.3 Å². The number of aromatic nitrogens is 1. The summed E-state index contributed by atoms with van der Waals surface area (Å²) >= 11 is 0. The molecule has 0 bridgehead atoms. The molecule has 3 rings (SSSR count). The number of fused-ring (bicyclic) bond motifs is 1. The first-order chi connectivity index (χ1) is 12.2. The molecule has 2 aromatic carbocycles. The number of nitrogens with zero attached hydrogens (tertiary/aromatic N) is 1. The fraction of sp³-hybridized carbons (Fsp3) is 0.105. The van der Waals surface area contributed by atoms with Crippen LogP contribution in [-0.4, -0.2) is 23.6 Å². The lowest BCUT2D eigenvalue weighted by Crippen LogP contribution is -2.20. The minimum atomic E-state index is -0.424. The first-order valence-corrected chi connectivity index (χ1v) is 7.86. The summed E-state index contributed by atoms with van der Waals surface area (Å²) in [5.41, 5.74) is 2.34. The first kappa shape index (κ1) is 16.4. The van der Waals surface area contributed by atoms with Crippen molar-refractivity contribution in [3.05, 3.63) is 66.4 Å². The minimum Gasteiger partial charge on any atom is -0.462 e. The summed E-state index contributed by atoms with van der Waals surface area (Å²) in [4.78, 5) is 28.3. The highest BCUT2D eigenvalue weighted by molar-refractivity contribution is 6.05. The zero-order valence-corrected chi connectivity index (χ0v) is 13.7. The number of carbonyl (C=O) groups excluding carboxylic acids is 2. The molecule has 0 fully saturated rings. The van der Waals surface area contributed by atoms with Gasteiger partial charge in [-0.05, 0) is 37.3 Å². The van der Waals surface area contributed by atoms with E-state index in [1.807, 2.05) is 24.3 Å². The fourth-order valence-electron chi connectivity index (χ4n) is 2.43. The third-order valence-electron chi connectivity index (χ3n) is 3.53. The largest absolute Gasteiger partial charge is 0.462 e. The Balaban J connectivity index is 1.74. The zero-order chi connectivity index (χ0) is 17.6. The number of anilines is 2. The van der Waals surface area contributed by atoms with E-state index in [2.05, 4.69) is 15.6 Å². The molecule has 0 atom stereocenters. The van der Waals surface area contributed by atoms with Gasteiger partial charge in [0.1, 0.15) is 0 Å². The highest BCUT2D eigenvalue weighted by atomic mass is 16.5. The van der Waals surface area contributed by atoms with Gasteiger partial charge in [0.25, 0.3) is 0 Å². The second-order valence-electron chi connectivity index (χ2n) is 5.26. The molecule has 0 spiro atoms. The lowest BCUT2D eigenvalue weighted by atomic mass is 10.2. The number of ether oxygens (including phenoxy) is 1. The molecule has 0 aliphatic heterocycles. The second kappa shape index (κ2) is 7.44. The van der Waals surface area contributed by atoms with Crippen LogP contribution < -0.4 is 10.6 Å². The topological polar surface area (TPSA) is 80.3 Å². The molecule has 1 aromatic heterocycles. The Hall–Kier alpha value is -3.41. The molecular formula is C19H17N3O3. The number of amides is 2. The Labute approximate surface area is 144 Å². The van der Waals surface area contributed by atoms with E-state index in [1.165, 1.54) is 0 Å². The number of esters is 1. The average molecular weight is 335 g/mol.